The number of thiophene rings is 1. The molecule has 4 rings (SSSR count). The summed E-state index contributed by atoms with van der Waals surface area (Å²) in [5, 5.41) is 9.24. The van der Waals surface area contributed by atoms with Crippen molar-refractivity contribution in [3.63, 3.8) is 0 Å². The maximum absolute atomic E-state index is 11.3. The molecule has 0 unspecified atom stereocenters. The molecule has 6 nitrogen and oxygen atoms in total. The molecule has 2 aromatic heterocycles. The number of aromatic nitrogens is 1. The number of carbonyl (C=O) groups is 1. The van der Waals surface area contributed by atoms with E-state index in [1.165, 1.54) is 5.56 Å². The SMILES string of the molecule is CCO[C@@H](Cc1ccc(OCc2nc(-c3ccc(-c4ccccc4)s3)oc2C)cc1)C(=O)O. The van der Waals surface area contributed by atoms with Gasteiger partial charge < -0.3 is 19.0 Å². The number of aliphatic carboxylic acids is 1. The first-order chi connectivity index (χ1) is 16.0. The average molecular weight is 464 g/mol. The molecule has 0 fully saturated rings. The number of hydrogen-bond acceptors (Lipinski definition) is 6. The van der Waals surface area contributed by atoms with Crippen molar-refractivity contribution in [1.82, 2.24) is 4.98 Å². The van der Waals surface area contributed by atoms with Gasteiger partial charge in [-0.1, -0.05) is 42.5 Å². The summed E-state index contributed by atoms with van der Waals surface area (Å²) in [7, 11) is 0. The maximum Gasteiger partial charge on any atom is 0.333 e. The van der Waals surface area contributed by atoms with E-state index >= 15 is 0 Å². The zero-order valence-corrected chi connectivity index (χ0v) is 19.3. The van der Waals surface area contributed by atoms with Gasteiger partial charge in [0.1, 0.15) is 23.8 Å². The molecule has 0 aliphatic rings. The first-order valence-electron chi connectivity index (χ1n) is 10.7. The lowest BCUT2D eigenvalue weighted by molar-refractivity contribution is -0.149. The highest BCUT2D eigenvalue weighted by atomic mass is 32.1. The number of rotatable bonds is 10. The minimum absolute atomic E-state index is 0.280. The van der Waals surface area contributed by atoms with E-state index < -0.39 is 12.1 Å². The van der Waals surface area contributed by atoms with Gasteiger partial charge in [0, 0.05) is 17.9 Å². The molecule has 0 radical (unpaired) electrons. The van der Waals surface area contributed by atoms with Crippen LogP contribution in [0.25, 0.3) is 21.2 Å². The largest absolute Gasteiger partial charge is 0.487 e. The van der Waals surface area contributed by atoms with Crippen molar-refractivity contribution >= 4 is 17.3 Å². The Labute approximate surface area is 196 Å². The molecule has 1 atom stereocenters. The molecular formula is C26H25NO5S. The second-order valence-electron chi connectivity index (χ2n) is 7.47. The van der Waals surface area contributed by atoms with Crippen molar-refractivity contribution in [2.75, 3.05) is 6.61 Å². The van der Waals surface area contributed by atoms with Crippen LogP contribution in [-0.4, -0.2) is 28.8 Å². The van der Waals surface area contributed by atoms with Crippen LogP contribution < -0.4 is 4.74 Å². The lowest BCUT2D eigenvalue weighted by Gasteiger charge is -2.12. The molecule has 0 saturated heterocycles. The predicted molar refractivity (Wildman–Crippen MR) is 128 cm³/mol. The maximum atomic E-state index is 11.3. The third-order valence-electron chi connectivity index (χ3n) is 5.13. The fraction of sp³-hybridized carbons (Fsp3) is 0.231. The molecule has 2 heterocycles. The van der Waals surface area contributed by atoms with E-state index in [0.717, 1.165) is 26.8 Å². The highest BCUT2D eigenvalue weighted by Gasteiger charge is 2.18. The average Bonchev–Trinajstić information content (AvgIpc) is 3.46. The van der Waals surface area contributed by atoms with E-state index in [0.29, 0.717) is 24.7 Å². The molecule has 0 saturated carbocycles. The smallest absolute Gasteiger partial charge is 0.333 e. The predicted octanol–water partition coefficient (Wildman–Crippen LogP) is 5.99. The van der Waals surface area contributed by atoms with E-state index in [1.54, 1.807) is 18.3 Å². The van der Waals surface area contributed by atoms with Gasteiger partial charge in [-0.05, 0) is 49.2 Å². The summed E-state index contributed by atoms with van der Waals surface area (Å²) in [5.74, 6) is 1.02. The Kier molecular flexibility index (Phi) is 7.22. The zero-order valence-electron chi connectivity index (χ0n) is 18.5. The number of ether oxygens (including phenoxy) is 2. The van der Waals surface area contributed by atoms with E-state index in [-0.39, 0.29) is 6.61 Å². The van der Waals surface area contributed by atoms with E-state index in [1.807, 2.05) is 55.5 Å². The summed E-state index contributed by atoms with van der Waals surface area (Å²) in [4.78, 5) is 18.0. The van der Waals surface area contributed by atoms with Gasteiger partial charge in [0.25, 0.3) is 0 Å². The zero-order chi connectivity index (χ0) is 23.2. The molecule has 170 valence electrons. The fourth-order valence-electron chi connectivity index (χ4n) is 3.38. The summed E-state index contributed by atoms with van der Waals surface area (Å²) in [6, 6.07) is 21.7. The van der Waals surface area contributed by atoms with Crippen LogP contribution in [0.2, 0.25) is 0 Å². The van der Waals surface area contributed by atoms with Gasteiger partial charge in [0.2, 0.25) is 5.89 Å². The first kappa shape index (κ1) is 22.8. The van der Waals surface area contributed by atoms with E-state index in [4.69, 9.17) is 13.9 Å². The van der Waals surface area contributed by atoms with E-state index in [9.17, 15) is 9.90 Å². The van der Waals surface area contributed by atoms with Gasteiger partial charge in [0.15, 0.2) is 6.10 Å². The molecule has 33 heavy (non-hydrogen) atoms. The number of carboxylic acid groups (broad SMARTS) is 1. The normalized spacial score (nSPS) is 11.9. The van der Waals surface area contributed by atoms with Gasteiger partial charge in [-0.25, -0.2) is 9.78 Å². The molecule has 0 spiro atoms. The number of hydrogen-bond donors (Lipinski definition) is 1. The van der Waals surface area contributed by atoms with E-state index in [2.05, 4.69) is 23.2 Å². The third kappa shape index (κ3) is 5.69. The molecule has 4 aromatic rings. The van der Waals surface area contributed by atoms with Gasteiger partial charge in [-0.2, -0.15) is 0 Å². The molecular weight excluding hydrogens is 438 g/mol. The molecule has 7 heteroatoms. The standard InChI is InChI=1S/C26H25NO5S/c1-3-30-22(26(28)29)15-18-9-11-20(12-10-18)31-16-21-17(2)32-25(27-21)24-14-13-23(33-24)19-7-5-4-6-8-19/h4-14,22H,3,15-16H2,1-2H3,(H,28,29)/t22-/m0/s1. The van der Waals surface area contributed by atoms with Gasteiger partial charge >= 0.3 is 5.97 Å². The summed E-state index contributed by atoms with van der Waals surface area (Å²) in [6.07, 6.45) is -0.543. The van der Waals surface area contributed by atoms with Crippen LogP contribution in [0, 0.1) is 6.92 Å². The van der Waals surface area contributed by atoms with Crippen molar-refractivity contribution in [2.45, 2.75) is 33.0 Å². The number of aryl methyl sites for hydroxylation is 1. The molecule has 0 aliphatic heterocycles. The summed E-state index contributed by atoms with van der Waals surface area (Å²) in [6.45, 7) is 4.30. The monoisotopic (exact) mass is 463 g/mol. The molecule has 1 N–H and O–H groups in total. The Bertz CT molecular complexity index is 1200. The second-order valence-corrected chi connectivity index (χ2v) is 8.55. The lowest BCUT2D eigenvalue weighted by atomic mass is 10.1. The summed E-state index contributed by atoms with van der Waals surface area (Å²) < 4.78 is 17.1. The van der Waals surface area contributed by atoms with Gasteiger partial charge in [-0.3, -0.25) is 0 Å². The quantitative estimate of drug-likeness (QED) is 0.311. The summed E-state index contributed by atoms with van der Waals surface area (Å²) in [5.41, 5.74) is 2.78. The Morgan fingerprint density at radius 3 is 2.48 bits per heavy atom. The van der Waals surface area contributed by atoms with Crippen molar-refractivity contribution in [3.8, 4) is 27.0 Å². The van der Waals surface area contributed by atoms with Gasteiger partial charge in [0.05, 0.1) is 4.88 Å². The van der Waals surface area contributed by atoms with Crippen LogP contribution in [0.15, 0.2) is 71.1 Å². The first-order valence-corrected chi connectivity index (χ1v) is 11.5. The highest BCUT2D eigenvalue weighted by Crippen LogP contribution is 2.34. The Morgan fingerprint density at radius 2 is 1.79 bits per heavy atom. The van der Waals surface area contributed by atoms with Crippen molar-refractivity contribution in [2.24, 2.45) is 0 Å². The number of oxazole rings is 1. The molecule has 0 amide bonds. The van der Waals surface area contributed by atoms with Crippen LogP contribution in [0.4, 0.5) is 0 Å². The minimum Gasteiger partial charge on any atom is -0.487 e. The Morgan fingerprint density at radius 1 is 1.06 bits per heavy atom. The number of nitrogens with zero attached hydrogens (tertiary/aromatic N) is 1. The molecule has 0 aliphatic carbocycles. The van der Waals surface area contributed by atoms with Gasteiger partial charge in [-0.15, -0.1) is 11.3 Å². The fourth-order valence-corrected chi connectivity index (χ4v) is 4.32. The van der Waals surface area contributed by atoms with Crippen LogP contribution in [0.5, 0.6) is 5.75 Å². The highest BCUT2D eigenvalue weighted by molar-refractivity contribution is 7.18. The van der Waals surface area contributed by atoms with Crippen molar-refractivity contribution in [1.29, 1.82) is 0 Å². The molecule has 2 aromatic carbocycles. The van der Waals surface area contributed by atoms with Crippen LogP contribution in [-0.2, 0) is 22.6 Å². The second kappa shape index (κ2) is 10.5. The number of benzene rings is 2. The summed E-state index contributed by atoms with van der Waals surface area (Å²) >= 11 is 1.64. The van der Waals surface area contributed by atoms with Crippen LogP contribution in [0.3, 0.4) is 0 Å². The third-order valence-corrected chi connectivity index (χ3v) is 6.25. The van der Waals surface area contributed by atoms with Crippen molar-refractivity contribution < 1.29 is 23.8 Å². The Hall–Kier alpha value is -3.42. The topological polar surface area (TPSA) is 81.8 Å². The lowest BCUT2D eigenvalue weighted by Crippen LogP contribution is -2.26. The van der Waals surface area contributed by atoms with Crippen LogP contribution >= 0.6 is 11.3 Å². The van der Waals surface area contributed by atoms with Crippen LogP contribution in [0.1, 0.15) is 23.9 Å². The van der Waals surface area contributed by atoms with Crippen molar-refractivity contribution in [3.05, 3.63) is 83.7 Å². The molecule has 0 bridgehead atoms. The Balaban J connectivity index is 1.39. The number of carboxylic acids is 1. The minimum atomic E-state index is -0.962.